The van der Waals surface area contributed by atoms with Crippen molar-refractivity contribution in [1.82, 2.24) is 16.2 Å². The highest BCUT2D eigenvalue weighted by Crippen LogP contribution is 2.29. The Morgan fingerprint density at radius 3 is 2.77 bits per heavy atom. The number of carbonyl (C=O) groups excluding carboxylic acids is 1. The Labute approximate surface area is 157 Å². The van der Waals surface area contributed by atoms with E-state index in [1.165, 1.54) is 18.9 Å². The van der Waals surface area contributed by atoms with E-state index in [0.717, 1.165) is 6.42 Å². The largest absolute Gasteiger partial charge is 0.447 e. The van der Waals surface area contributed by atoms with E-state index in [0.29, 0.717) is 27.9 Å². The molecule has 140 valence electrons. The van der Waals surface area contributed by atoms with Gasteiger partial charge >= 0.3 is 5.91 Å². The fraction of sp³-hybridized carbons (Fsp3) is 0.474. The number of thiocarbonyl (C=S) groups is 1. The molecule has 3 atom stereocenters. The molecule has 1 amide bonds. The lowest BCUT2D eigenvalue weighted by atomic mass is 9.78. The van der Waals surface area contributed by atoms with Crippen LogP contribution in [0.5, 0.6) is 0 Å². The minimum atomic E-state index is -0.493. The topological polar surface area (TPSA) is 66.3 Å². The lowest BCUT2D eigenvalue weighted by Crippen LogP contribution is -2.52. The van der Waals surface area contributed by atoms with Crippen LogP contribution in [0.25, 0.3) is 11.0 Å². The number of benzene rings is 1. The third-order valence-electron chi connectivity index (χ3n) is 5.43. The van der Waals surface area contributed by atoms with Gasteiger partial charge in [-0.05, 0) is 43.5 Å². The van der Waals surface area contributed by atoms with E-state index in [4.69, 9.17) is 16.6 Å². The molecule has 0 bridgehead atoms. The summed E-state index contributed by atoms with van der Waals surface area (Å²) in [7, 11) is 0. The Balaban J connectivity index is 1.61. The van der Waals surface area contributed by atoms with Gasteiger partial charge in [-0.2, -0.15) is 0 Å². The number of rotatable bonds is 2. The van der Waals surface area contributed by atoms with Crippen molar-refractivity contribution in [3.63, 3.8) is 0 Å². The molecule has 1 fully saturated rings. The normalized spacial score (nSPS) is 22.8. The number of para-hydroxylation sites is 1. The van der Waals surface area contributed by atoms with Gasteiger partial charge in [-0.3, -0.25) is 15.6 Å². The highest BCUT2D eigenvalue weighted by atomic mass is 32.1. The first kappa shape index (κ1) is 18.6. The minimum absolute atomic E-state index is 0.0695. The molecule has 0 aliphatic heterocycles. The molecule has 1 saturated carbocycles. The van der Waals surface area contributed by atoms with Crippen molar-refractivity contribution >= 4 is 34.2 Å². The lowest BCUT2D eigenvalue weighted by Gasteiger charge is -2.35. The number of fused-ring (bicyclic) bond motifs is 1. The fourth-order valence-electron chi connectivity index (χ4n) is 3.59. The van der Waals surface area contributed by atoms with Gasteiger partial charge in [0.15, 0.2) is 22.3 Å². The molecule has 2 aromatic rings. The van der Waals surface area contributed by atoms with Gasteiger partial charge in [-0.1, -0.05) is 38.8 Å². The standard InChI is InChI=1S/C19H24FN3O2S/c1-10-6-4-9-15(11(10)2)21-19(26)23-22-18(24)16-12(3)13-7-5-8-14(20)17(13)25-16/h5,7-8,10-11,15H,4,6,9H2,1-3H3,(H,22,24)(H2,21,23,26)/t10-,11-,15-/m0/s1. The van der Waals surface area contributed by atoms with Crippen LogP contribution in [0.1, 0.15) is 49.2 Å². The molecule has 3 N–H and O–H groups in total. The van der Waals surface area contributed by atoms with E-state index in [1.807, 2.05) is 0 Å². The van der Waals surface area contributed by atoms with Crippen molar-refractivity contribution in [2.24, 2.45) is 11.8 Å². The van der Waals surface area contributed by atoms with Crippen molar-refractivity contribution < 1.29 is 13.6 Å². The van der Waals surface area contributed by atoms with Crippen molar-refractivity contribution in [1.29, 1.82) is 0 Å². The van der Waals surface area contributed by atoms with Crippen LogP contribution in [0.15, 0.2) is 22.6 Å². The number of aryl methyl sites for hydroxylation is 1. The predicted octanol–water partition coefficient (Wildman–Crippen LogP) is 3.81. The highest BCUT2D eigenvalue weighted by Gasteiger charge is 2.27. The minimum Gasteiger partial charge on any atom is -0.447 e. The van der Waals surface area contributed by atoms with Crippen LogP contribution < -0.4 is 16.2 Å². The summed E-state index contributed by atoms with van der Waals surface area (Å²) >= 11 is 5.29. The second kappa shape index (κ2) is 7.61. The van der Waals surface area contributed by atoms with Gasteiger partial charge in [0.05, 0.1) is 0 Å². The quantitative estimate of drug-likeness (QED) is 0.549. The van der Waals surface area contributed by atoms with Crippen LogP contribution >= 0.6 is 12.2 Å². The maximum Gasteiger partial charge on any atom is 0.305 e. The van der Waals surface area contributed by atoms with Crippen LogP contribution in [0.4, 0.5) is 4.39 Å². The molecule has 1 aromatic carbocycles. The maximum absolute atomic E-state index is 13.8. The molecule has 0 unspecified atom stereocenters. The van der Waals surface area contributed by atoms with Crippen LogP contribution in [-0.2, 0) is 0 Å². The van der Waals surface area contributed by atoms with Crippen LogP contribution in [-0.4, -0.2) is 17.1 Å². The smallest absolute Gasteiger partial charge is 0.305 e. The number of amides is 1. The van der Waals surface area contributed by atoms with E-state index >= 15 is 0 Å². The zero-order chi connectivity index (χ0) is 18.8. The fourth-order valence-corrected chi connectivity index (χ4v) is 3.79. The molecule has 26 heavy (non-hydrogen) atoms. The number of hydrogen-bond donors (Lipinski definition) is 3. The number of hydrogen-bond acceptors (Lipinski definition) is 3. The average molecular weight is 377 g/mol. The van der Waals surface area contributed by atoms with Crippen LogP contribution in [0.3, 0.4) is 0 Å². The van der Waals surface area contributed by atoms with Gasteiger partial charge in [-0.15, -0.1) is 0 Å². The van der Waals surface area contributed by atoms with Gasteiger partial charge in [0.25, 0.3) is 0 Å². The number of nitrogens with one attached hydrogen (secondary N) is 3. The monoisotopic (exact) mass is 377 g/mol. The Kier molecular flexibility index (Phi) is 5.46. The SMILES string of the molecule is Cc1c(C(=O)NNC(=S)N[C@H]2CCC[C@H](C)[C@@H]2C)oc2c(F)cccc12. The zero-order valence-corrected chi connectivity index (χ0v) is 16.0. The van der Waals surface area contributed by atoms with E-state index in [1.54, 1.807) is 19.1 Å². The van der Waals surface area contributed by atoms with Crippen LogP contribution in [0.2, 0.25) is 0 Å². The summed E-state index contributed by atoms with van der Waals surface area (Å²) in [4.78, 5) is 12.4. The van der Waals surface area contributed by atoms with E-state index < -0.39 is 11.7 Å². The Hall–Kier alpha value is -2.15. The molecule has 0 radical (unpaired) electrons. The van der Waals surface area contributed by atoms with Crippen molar-refractivity contribution in [3.05, 3.63) is 35.3 Å². The van der Waals surface area contributed by atoms with E-state index in [2.05, 4.69) is 30.0 Å². The summed E-state index contributed by atoms with van der Waals surface area (Å²) in [6.45, 7) is 6.19. The van der Waals surface area contributed by atoms with Gasteiger partial charge in [0, 0.05) is 17.0 Å². The maximum atomic E-state index is 13.8. The summed E-state index contributed by atoms with van der Waals surface area (Å²) in [5, 5.41) is 4.22. The predicted molar refractivity (Wildman–Crippen MR) is 103 cm³/mol. The van der Waals surface area contributed by atoms with E-state index in [-0.39, 0.29) is 17.4 Å². The third-order valence-corrected chi connectivity index (χ3v) is 5.65. The molecule has 3 rings (SSSR count). The number of halogens is 1. The lowest BCUT2D eigenvalue weighted by molar-refractivity contribution is 0.0916. The molecule has 7 heteroatoms. The molecule has 0 saturated heterocycles. The van der Waals surface area contributed by atoms with Gasteiger partial charge in [-0.25, -0.2) is 4.39 Å². The average Bonchev–Trinajstić information content (AvgIpc) is 2.95. The first-order valence-electron chi connectivity index (χ1n) is 8.93. The Bertz CT molecular complexity index is 836. The first-order chi connectivity index (χ1) is 12.4. The summed E-state index contributed by atoms with van der Waals surface area (Å²) in [6, 6.07) is 4.90. The second-order valence-corrected chi connectivity index (χ2v) is 7.51. The molecular formula is C19H24FN3O2S. The Morgan fingerprint density at radius 2 is 2.04 bits per heavy atom. The summed E-state index contributed by atoms with van der Waals surface area (Å²) in [5.41, 5.74) is 5.92. The number of furan rings is 1. The molecule has 0 spiro atoms. The van der Waals surface area contributed by atoms with Crippen LogP contribution in [0, 0.1) is 24.6 Å². The molecule has 1 aliphatic carbocycles. The second-order valence-electron chi connectivity index (χ2n) is 7.10. The van der Waals surface area contributed by atoms with Gasteiger partial charge in [0.2, 0.25) is 0 Å². The first-order valence-corrected chi connectivity index (χ1v) is 9.33. The Morgan fingerprint density at radius 1 is 1.27 bits per heavy atom. The molecule has 1 heterocycles. The van der Waals surface area contributed by atoms with Crippen molar-refractivity contribution in [2.45, 2.75) is 46.1 Å². The van der Waals surface area contributed by atoms with Crippen molar-refractivity contribution in [3.8, 4) is 0 Å². The summed E-state index contributed by atoms with van der Waals surface area (Å²) < 4.78 is 19.2. The summed E-state index contributed by atoms with van der Waals surface area (Å²) in [5.74, 6) is 0.245. The third kappa shape index (κ3) is 3.67. The van der Waals surface area contributed by atoms with Gasteiger partial charge in [0.1, 0.15) is 0 Å². The summed E-state index contributed by atoms with van der Waals surface area (Å²) in [6.07, 6.45) is 3.46. The van der Waals surface area contributed by atoms with Crippen molar-refractivity contribution in [2.75, 3.05) is 0 Å². The van der Waals surface area contributed by atoms with Gasteiger partial charge < -0.3 is 9.73 Å². The zero-order valence-electron chi connectivity index (χ0n) is 15.2. The molecule has 1 aromatic heterocycles. The molecule has 5 nitrogen and oxygen atoms in total. The molecular weight excluding hydrogens is 353 g/mol. The van der Waals surface area contributed by atoms with E-state index in [9.17, 15) is 9.18 Å². The number of carbonyl (C=O) groups is 1. The highest BCUT2D eigenvalue weighted by molar-refractivity contribution is 7.80. The number of hydrazine groups is 1. The molecule has 1 aliphatic rings.